The Hall–Kier alpha value is -2.58. The summed E-state index contributed by atoms with van der Waals surface area (Å²) in [5.41, 5.74) is 2.88. The van der Waals surface area contributed by atoms with Crippen LogP contribution in [0.3, 0.4) is 0 Å². The molecule has 3 heterocycles. The Labute approximate surface area is 165 Å². The van der Waals surface area contributed by atoms with Gasteiger partial charge in [0.25, 0.3) is 0 Å². The Morgan fingerprint density at radius 1 is 1.29 bits per heavy atom. The van der Waals surface area contributed by atoms with Crippen molar-refractivity contribution >= 4 is 20.2 Å². The van der Waals surface area contributed by atoms with E-state index in [-0.39, 0.29) is 0 Å². The highest BCUT2D eigenvalue weighted by atomic mass is 28.3. The highest BCUT2D eigenvalue weighted by molar-refractivity contribution is 6.76. The summed E-state index contributed by atoms with van der Waals surface area (Å²) >= 11 is 0. The smallest absolute Gasteiger partial charge is 0.158 e. The van der Waals surface area contributed by atoms with Crippen molar-refractivity contribution in [2.75, 3.05) is 6.61 Å². The van der Waals surface area contributed by atoms with Gasteiger partial charge in [0.2, 0.25) is 0 Å². The number of nitrogens with one attached hydrogen (secondary N) is 1. The molecule has 148 valence electrons. The van der Waals surface area contributed by atoms with Crippen molar-refractivity contribution < 1.29 is 9.13 Å². The van der Waals surface area contributed by atoms with E-state index in [1.54, 1.807) is 23.3 Å². The van der Waals surface area contributed by atoms with E-state index in [0.29, 0.717) is 23.9 Å². The fourth-order valence-corrected chi connectivity index (χ4v) is 3.31. The average Bonchev–Trinajstić information content (AvgIpc) is 3.30. The zero-order valence-electron chi connectivity index (χ0n) is 16.5. The summed E-state index contributed by atoms with van der Waals surface area (Å²) in [4.78, 5) is 11.4. The lowest BCUT2D eigenvalue weighted by Crippen LogP contribution is -2.22. The van der Waals surface area contributed by atoms with Gasteiger partial charge in [-0.1, -0.05) is 37.9 Å². The molecule has 0 saturated carbocycles. The Bertz CT molecular complexity index is 914. The van der Waals surface area contributed by atoms with Gasteiger partial charge in [-0.2, -0.15) is 5.10 Å². The number of hydrogen-bond acceptors (Lipinski definition) is 4. The van der Waals surface area contributed by atoms with Crippen LogP contribution in [0.4, 0.5) is 4.39 Å². The van der Waals surface area contributed by atoms with Crippen LogP contribution in [0.15, 0.2) is 36.9 Å². The highest BCUT2D eigenvalue weighted by Crippen LogP contribution is 2.22. The molecule has 0 bridgehead atoms. The predicted molar refractivity (Wildman–Crippen MR) is 112 cm³/mol. The number of alkyl halides is 1. The fourth-order valence-electron chi connectivity index (χ4n) is 2.56. The van der Waals surface area contributed by atoms with Crippen LogP contribution in [0.5, 0.6) is 0 Å². The van der Waals surface area contributed by atoms with Gasteiger partial charge < -0.3 is 9.72 Å². The first-order valence-corrected chi connectivity index (χ1v) is 13.0. The Balaban J connectivity index is 1.79. The van der Waals surface area contributed by atoms with Crippen molar-refractivity contribution in [2.24, 2.45) is 0 Å². The molecule has 28 heavy (non-hydrogen) atoms. The van der Waals surface area contributed by atoms with Crippen molar-refractivity contribution in [3.05, 3.63) is 53.7 Å². The first-order valence-electron chi connectivity index (χ1n) is 9.28. The van der Waals surface area contributed by atoms with E-state index in [2.05, 4.69) is 39.7 Å². The zero-order valence-corrected chi connectivity index (χ0v) is 17.5. The number of ether oxygens (including phenoxy) is 1. The molecule has 0 unspecified atom stereocenters. The van der Waals surface area contributed by atoms with Crippen LogP contribution in [0.25, 0.3) is 23.7 Å². The maximum Gasteiger partial charge on any atom is 0.158 e. The third-order valence-electron chi connectivity index (χ3n) is 4.14. The van der Waals surface area contributed by atoms with E-state index in [0.717, 1.165) is 23.8 Å². The van der Waals surface area contributed by atoms with Gasteiger partial charge in [-0.3, -0.25) is 4.98 Å². The molecule has 3 aromatic heterocycles. The van der Waals surface area contributed by atoms with Crippen LogP contribution < -0.4 is 0 Å². The number of hydrogen-bond donors (Lipinski definition) is 1. The van der Waals surface area contributed by atoms with Crippen LogP contribution in [0.1, 0.15) is 16.8 Å². The summed E-state index contributed by atoms with van der Waals surface area (Å²) in [5.74, 6) is 0.541. The third-order valence-corrected chi connectivity index (χ3v) is 5.85. The molecule has 0 aliphatic rings. The van der Waals surface area contributed by atoms with Crippen molar-refractivity contribution in [3.8, 4) is 11.5 Å². The number of imidazole rings is 1. The summed E-state index contributed by atoms with van der Waals surface area (Å²) in [6, 6.07) is 4.96. The number of H-pyrrole nitrogens is 1. The van der Waals surface area contributed by atoms with Crippen LogP contribution >= 0.6 is 0 Å². The molecule has 8 heteroatoms. The van der Waals surface area contributed by atoms with Crippen LogP contribution in [-0.4, -0.2) is 39.4 Å². The summed E-state index contributed by atoms with van der Waals surface area (Å²) in [5, 5.41) is 4.59. The standard InChI is InChI=1S/C20H26FN5OSi/c1-28(2,3)10-9-27-15-26-14-17(7-6-16-5-4-8-22-12-16)19(25-26)20-23-13-18(11-21)24-20/h4-8,12-14H,9-11,15H2,1-3H3,(H,23,24)/b7-6+. The maximum atomic E-state index is 12.9. The topological polar surface area (TPSA) is 68.6 Å². The van der Waals surface area contributed by atoms with E-state index in [1.165, 1.54) is 0 Å². The Kier molecular flexibility index (Phi) is 6.53. The molecule has 3 rings (SSSR count). The first-order chi connectivity index (χ1) is 13.4. The lowest BCUT2D eigenvalue weighted by molar-refractivity contribution is 0.0787. The van der Waals surface area contributed by atoms with Crippen LogP contribution in [0, 0.1) is 0 Å². The van der Waals surface area contributed by atoms with E-state index in [9.17, 15) is 4.39 Å². The molecule has 0 aromatic carbocycles. The molecule has 6 nitrogen and oxygen atoms in total. The lowest BCUT2D eigenvalue weighted by atomic mass is 10.2. The molecule has 0 amide bonds. The monoisotopic (exact) mass is 399 g/mol. The highest BCUT2D eigenvalue weighted by Gasteiger charge is 2.15. The second-order valence-electron chi connectivity index (χ2n) is 7.81. The van der Waals surface area contributed by atoms with Gasteiger partial charge in [0, 0.05) is 45.0 Å². The summed E-state index contributed by atoms with van der Waals surface area (Å²) in [7, 11) is -1.13. The van der Waals surface area contributed by atoms with E-state index >= 15 is 0 Å². The lowest BCUT2D eigenvalue weighted by Gasteiger charge is -2.15. The molecule has 0 saturated heterocycles. The minimum absolute atomic E-state index is 0.359. The number of pyridine rings is 1. The average molecular weight is 400 g/mol. The summed E-state index contributed by atoms with van der Waals surface area (Å²) in [6.45, 7) is 7.44. The molecule has 1 N–H and O–H groups in total. The third kappa shape index (κ3) is 5.70. The van der Waals surface area contributed by atoms with Gasteiger partial charge in [0.1, 0.15) is 19.1 Å². The molecular weight excluding hydrogens is 373 g/mol. The second kappa shape index (κ2) is 9.07. The molecule has 3 aromatic rings. The van der Waals surface area contributed by atoms with Crippen LogP contribution in [-0.2, 0) is 18.1 Å². The molecule has 0 atom stereocenters. The van der Waals surface area contributed by atoms with Crippen molar-refractivity contribution in [3.63, 3.8) is 0 Å². The molecule has 0 aliphatic carbocycles. The number of nitrogens with zero attached hydrogens (tertiary/aromatic N) is 4. The largest absolute Gasteiger partial charge is 0.360 e. The SMILES string of the molecule is C[Si](C)(C)CCOCn1cc(/C=C/c2cccnc2)c(-c2nc(CF)c[nH]2)n1. The molecule has 0 spiro atoms. The van der Waals surface area contributed by atoms with E-state index in [4.69, 9.17) is 4.74 Å². The van der Waals surface area contributed by atoms with Gasteiger partial charge in [0.05, 0.1) is 5.69 Å². The molecule has 0 radical (unpaired) electrons. The van der Waals surface area contributed by atoms with Gasteiger partial charge in [-0.25, -0.2) is 14.1 Å². The van der Waals surface area contributed by atoms with Crippen molar-refractivity contribution in [1.82, 2.24) is 24.7 Å². The van der Waals surface area contributed by atoms with Crippen molar-refractivity contribution in [1.29, 1.82) is 0 Å². The fraction of sp³-hybridized carbons (Fsp3) is 0.350. The van der Waals surface area contributed by atoms with Crippen LogP contribution in [0.2, 0.25) is 25.7 Å². The van der Waals surface area contributed by atoms with Gasteiger partial charge in [0.15, 0.2) is 5.82 Å². The molecular formula is C20H26FN5OSi. The summed E-state index contributed by atoms with van der Waals surface area (Å²) in [6.07, 6.45) is 10.9. The van der Waals surface area contributed by atoms with E-state index in [1.807, 2.05) is 30.5 Å². The molecule has 0 aliphatic heterocycles. The number of rotatable bonds is 9. The first kappa shape index (κ1) is 20.2. The van der Waals surface area contributed by atoms with Gasteiger partial charge >= 0.3 is 0 Å². The Morgan fingerprint density at radius 2 is 2.14 bits per heavy atom. The van der Waals surface area contributed by atoms with Gasteiger partial charge in [-0.05, 0) is 17.7 Å². The van der Waals surface area contributed by atoms with E-state index < -0.39 is 14.7 Å². The second-order valence-corrected chi connectivity index (χ2v) is 13.4. The molecule has 0 fully saturated rings. The minimum Gasteiger partial charge on any atom is -0.360 e. The summed E-state index contributed by atoms with van der Waals surface area (Å²) < 4.78 is 20.4. The Morgan fingerprint density at radius 3 is 2.82 bits per heavy atom. The zero-order chi connectivity index (χ0) is 20.0. The maximum absolute atomic E-state index is 12.9. The minimum atomic E-state index is -1.13. The van der Waals surface area contributed by atoms with Crippen molar-refractivity contribution in [2.45, 2.75) is 39.1 Å². The normalized spacial score (nSPS) is 12.1. The number of aromatic amines is 1. The quantitative estimate of drug-likeness (QED) is 0.421. The number of halogens is 1. The predicted octanol–water partition coefficient (Wildman–Crippen LogP) is 4.62. The number of aromatic nitrogens is 5. The van der Waals surface area contributed by atoms with Gasteiger partial charge in [-0.15, -0.1) is 0 Å².